The van der Waals surface area contributed by atoms with Gasteiger partial charge in [-0.15, -0.1) is 0 Å². The Kier molecular flexibility index (Phi) is 3.66. The van der Waals surface area contributed by atoms with Crippen LogP contribution in [0.25, 0.3) is 0 Å². The van der Waals surface area contributed by atoms with Gasteiger partial charge in [-0.05, 0) is 44.9 Å². The maximum absolute atomic E-state index is 6.25. The molecule has 0 aliphatic carbocycles. The van der Waals surface area contributed by atoms with E-state index in [4.69, 9.17) is 10.2 Å². The first-order chi connectivity index (χ1) is 7.74. The number of nitrogens with two attached hydrogens (primary N) is 1. The minimum Gasteiger partial charge on any atom is -0.468 e. The Morgan fingerprint density at radius 2 is 2.44 bits per heavy atom. The van der Waals surface area contributed by atoms with Crippen LogP contribution in [0.2, 0.25) is 0 Å². The van der Waals surface area contributed by atoms with Gasteiger partial charge in [0, 0.05) is 12.1 Å². The minimum absolute atomic E-state index is 0.159. The summed E-state index contributed by atoms with van der Waals surface area (Å²) >= 11 is 0. The largest absolute Gasteiger partial charge is 0.468 e. The first kappa shape index (κ1) is 11.7. The fourth-order valence-electron chi connectivity index (χ4n) is 2.67. The van der Waals surface area contributed by atoms with Crippen molar-refractivity contribution >= 4 is 0 Å². The van der Waals surface area contributed by atoms with Gasteiger partial charge in [0.1, 0.15) is 5.76 Å². The molecule has 1 aliphatic rings. The molecule has 3 atom stereocenters. The average molecular weight is 222 g/mol. The van der Waals surface area contributed by atoms with Crippen molar-refractivity contribution < 1.29 is 4.42 Å². The van der Waals surface area contributed by atoms with Gasteiger partial charge in [0.05, 0.1) is 12.3 Å². The molecule has 3 nitrogen and oxygen atoms in total. The lowest BCUT2D eigenvalue weighted by atomic mass is 10.0. The monoisotopic (exact) mass is 222 g/mol. The number of likely N-dealkylation sites (tertiary alicyclic amines) is 1. The van der Waals surface area contributed by atoms with Crippen LogP contribution in [0.5, 0.6) is 0 Å². The van der Waals surface area contributed by atoms with Gasteiger partial charge in [0.2, 0.25) is 0 Å². The Labute approximate surface area is 97.6 Å². The second kappa shape index (κ2) is 5.02. The standard InChI is InChI=1S/C13H22N2O/c1-3-11(14)13(12-7-5-9-16-12)15-8-4-6-10(15)2/h5,7,9-11,13H,3-4,6,8,14H2,1-2H3. The zero-order chi connectivity index (χ0) is 11.5. The first-order valence-electron chi connectivity index (χ1n) is 6.28. The van der Waals surface area contributed by atoms with Crippen LogP contribution in [0.3, 0.4) is 0 Å². The van der Waals surface area contributed by atoms with E-state index in [9.17, 15) is 0 Å². The molecule has 0 bridgehead atoms. The predicted octanol–water partition coefficient (Wildman–Crippen LogP) is 2.54. The fraction of sp³-hybridized carbons (Fsp3) is 0.692. The third-order valence-electron chi connectivity index (χ3n) is 3.67. The number of nitrogens with zero attached hydrogens (tertiary/aromatic N) is 1. The van der Waals surface area contributed by atoms with Crippen LogP contribution in [0, 0.1) is 0 Å². The van der Waals surface area contributed by atoms with Crippen molar-refractivity contribution in [2.45, 2.75) is 51.2 Å². The SMILES string of the molecule is CCC(N)C(c1ccco1)N1CCCC1C. The number of hydrogen-bond donors (Lipinski definition) is 1. The summed E-state index contributed by atoms with van der Waals surface area (Å²) in [6.07, 6.45) is 5.27. The molecule has 0 aromatic carbocycles. The van der Waals surface area contributed by atoms with Crippen molar-refractivity contribution in [3.8, 4) is 0 Å². The van der Waals surface area contributed by atoms with Gasteiger partial charge in [0.25, 0.3) is 0 Å². The van der Waals surface area contributed by atoms with Crippen LogP contribution in [-0.4, -0.2) is 23.5 Å². The summed E-state index contributed by atoms with van der Waals surface area (Å²) in [6.45, 7) is 5.56. The van der Waals surface area contributed by atoms with Crippen molar-refractivity contribution in [3.05, 3.63) is 24.2 Å². The molecule has 1 fully saturated rings. The summed E-state index contributed by atoms with van der Waals surface area (Å²) in [7, 11) is 0. The van der Waals surface area contributed by atoms with E-state index in [1.807, 2.05) is 12.1 Å². The van der Waals surface area contributed by atoms with Crippen LogP contribution in [0.1, 0.15) is 44.9 Å². The zero-order valence-corrected chi connectivity index (χ0v) is 10.2. The molecule has 2 rings (SSSR count). The third kappa shape index (κ3) is 2.15. The Bertz CT molecular complexity index is 310. The molecule has 90 valence electrons. The van der Waals surface area contributed by atoms with E-state index in [1.54, 1.807) is 6.26 Å². The first-order valence-corrected chi connectivity index (χ1v) is 6.28. The highest BCUT2D eigenvalue weighted by molar-refractivity contribution is 5.09. The summed E-state index contributed by atoms with van der Waals surface area (Å²) < 4.78 is 5.56. The van der Waals surface area contributed by atoms with Crippen LogP contribution in [0.4, 0.5) is 0 Å². The average Bonchev–Trinajstić information content (AvgIpc) is 2.92. The van der Waals surface area contributed by atoms with Crippen molar-refractivity contribution in [1.29, 1.82) is 0 Å². The Morgan fingerprint density at radius 3 is 2.94 bits per heavy atom. The van der Waals surface area contributed by atoms with Gasteiger partial charge in [-0.3, -0.25) is 4.90 Å². The van der Waals surface area contributed by atoms with Gasteiger partial charge in [-0.25, -0.2) is 0 Å². The molecular weight excluding hydrogens is 200 g/mol. The summed E-state index contributed by atoms with van der Waals surface area (Å²) in [5, 5.41) is 0. The van der Waals surface area contributed by atoms with Crippen LogP contribution in [-0.2, 0) is 0 Å². The third-order valence-corrected chi connectivity index (χ3v) is 3.67. The smallest absolute Gasteiger partial charge is 0.122 e. The molecule has 3 unspecified atom stereocenters. The van der Waals surface area contributed by atoms with E-state index in [0.717, 1.165) is 18.7 Å². The molecular formula is C13H22N2O. The van der Waals surface area contributed by atoms with Crippen molar-refractivity contribution in [1.82, 2.24) is 4.90 Å². The van der Waals surface area contributed by atoms with E-state index < -0.39 is 0 Å². The van der Waals surface area contributed by atoms with E-state index in [1.165, 1.54) is 12.8 Å². The van der Waals surface area contributed by atoms with E-state index >= 15 is 0 Å². The minimum atomic E-state index is 0.159. The maximum Gasteiger partial charge on any atom is 0.122 e. The van der Waals surface area contributed by atoms with Gasteiger partial charge >= 0.3 is 0 Å². The Balaban J connectivity index is 2.21. The van der Waals surface area contributed by atoms with Crippen LogP contribution in [0.15, 0.2) is 22.8 Å². The molecule has 1 aromatic rings. The number of furan rings is 1. The summed E-state index contributed by atoms with van der Waals surface area (Å²) in [4.78, 5) is 2.49. The van der Waals surface area contributed by atoms with E-state index in [-0.39, 0.29) is 12.1 Å². The molecule has 0 amide bonds. The molecule has 0 saturated carbocycles. The molecule has 1 aromatic heterocycles. The predicted molar refractivity (Wildman–Crippen MR) is 65.1 cm³/mol. The lowest BCUT2D eigenvalue weighted by Crippen LogP contribution is -2.42. The molecule has 3 heteroatoms. The topological polar surface area (TPSA) is 42.4 Å². The zero-order valence-electron chi connectivity index (χ0n) is 10.2. The van der Waals surface area contributed by atoms with Crippen molar-refractivity contribution in [2.24, 2.45) is 5.73 Å². The lowest BCUT2D eigenvalue weighted by molar-refractivity contribution is 0.142. The van der Waals surface area contributed by atoms with Gasteiger partial charge in [-0.1, -0.05) is 6.92 Å². The molecule has 16 heavy (non-hydrogen) atoms. The van der Waals surface area contributed by atoms with E-state index in [2.05, 4.69) is 18.7 Å². The second-order valence-corrected chi connectivity index (χ2v) is 4.76. The molecule has 2 N–H and O–H groups in total. The number of hydrogen-bond acceptors (Lipinski definition) is 3. The van der Waals surface area contributed by atoms with Crippen molar-refractivity contribution in [3.63, 3.8) is 0 Å². The van der Waals surface area contributed by atoms with Gasteiger partial charge in [0.15, 0.2) is 0 Å². The second-order valence-electron chi connectivity index (χ2n) is 4.76. The highest BCUT2D eigenvalue weighted by atomic mass is 16.3. The molecule has 2 heterocycles. The lowest BCUT2D eigenvalue weighted by Gasteiger charge is -2.33. The molecule has 1 saturated heterocycles. The highest BCUT2D eigenvalue weighted by Gasteiger charge is 2.33. The Morgan fingerprint density at radius 1 is 1.62 bits per heavy atom. The van der Waals surface area contributed by atoms with E-state index in [0.29, 0.717) is 6.04 Å². The van der Waals surface area contributed by atoms with Crippen LogP contribution < -0.4 is 5.73 Å². The Hall–Kier alpha value is -0.800. The van der Waals surface area contributed by atoms with Gasteiger partial charge in [-0.2, -0.15) is 0 Å². The molecule has 0 spiro atoms. The van der Waals surface area contributed by atoms with Gasteiger partial charge < -0.3 is 10.2 Å². The molecule has 0 radical (unpaired) electrons. The quantitative estimate of drug-likeness (QED) is 0.851. The maximum atomic E-state index is 6.25. The highest BCUT2D eigenvalue weighted by Crippen LogP contribution is 2.32. The van der Waals surface area contributed by atoms with Crippen LogP contribution >= 0.6 is 0 Å². The summed E-state index contributed by atoms with van der Waals surface area (Å²) in [6, 6.07) is 5.02. The fourth-order valence-corrected chi connectivity index (χ4v) is 2.67. The summed E-state index contributed by atoms with van der Waals surface area (Å²) in [5.41, 5.74) is 6.25. The summed E-state index contributed by atoms with van der Waals surface area (Å²) in [5.74, 6) is 1.02. The normalized spacial score (nSPS) is 25.8. The number of rotatable bonds is 4. The van der Waals surface area contributed by atoms with Crippen molar-refractivity contribution in [2.75, 3.05) is 6.54 Å². The molecule has 1 aliphatic heterocycles.